The molecule has 1 aromatic heterocycles. The van der Waals surface area contributed by atoms with Gasteiger partial charge in [-0.15, -0.1) is 0 Å². The van der Waals surface area contributed by atoms with E-state index in [2.05, 4.69) is 17.6 Å². The first kappa shape index (κ1) is 8.34. The van der Waals surface area contributed by atoms with Gasteiger partial charge in [0.2, 0.25) is 0 Å². The zero-order valence-corrected chi connectivity index (χ0v) is 7.38. The summed E-state index contributed by atoms with van der Waals surface area (Å²) in [5.41, 5.74) is 2.23. The Morgan fingerprint density at radius 1 is 1.64 bits per heavy atom. The van der Waals surface area contributed by atoms with E-state index in [-0.39, 0.29) is 0 Å². The molecule has 0 bridgehead atoms. The van der Waals surface area contributed by atoms with Crippen molar-refractivity contribution in [1.29, 1.82) is 0 Å². The Morgan fingerprint density at radius 3 is 3.09 bits per heavy atom. The van der Waals surface area contributed by atoms with Gasteiger partial charge < -0.3 is 0 Å². The molecule has 1 heterocycles. The van der Waals surface area contributed by atoms with Crippen molar-refractivity contribution >= 4 is 18.7 Å². The Labute approximate surface area is 72.6 Å². The largest absolute Gasteiger partial charge is 0.257 e. The minimum Gasteiger partial charge on any atom is -0.257 e. The predicted octanol–water partition coefficient (Wildman–Crippen LogP) is 2.33. The second-order valence-electron chi connectivity index (χ2n) is 2.29. The molecule has 1 rings (SSSR count). The molecule has 1 aromatic rings. The first-order valence-corrected chi connectivity index (χ1v) is 4.17. The lowest BCUT2D eigenvalue weighted by atomic mass is 10.2. The highest BCUT2D eigenvalue weighted by Gasteiger charge is 1.90. The molecule has 58 valence electrons. The van der Waals surface area contributed by atoms with E-state index in [4.69, 9.17) is 0 Å². The SMILES string of the molecule is Cc1cccnc1C=CCS. The summed E-state index contributed by atoms with van der Waals surface area (Å²) in [6.45, 7) is 2.05. The lowest BCUT2D eigenvalue weighted by Crippen LogP contribution is -1.83. The molecule has 2 heteroatoms. The Balaban J connectivity index is 2.86. The molecule has 0 spiro atoms. The van der Waals surface area contributed by atoms with Crippen molar-refractivity contribution in [2.75, 3.05) is 5.75 Å². The van der Waals surface area contributed by atoms with Crippen LogP contribution in [0.5, 0.6) is 0 Å². The van der Waals surface area contributed by atoms with Gasteiger partial charge in [-0.2, -0.15) is 12.6 Å². The smallest absolute Gasteiger partial charge is 0.0655 e. The van der Waals surface area contributed by atoms with E-state index >= 15 is 0 Å². The number of aryl methyl sites for hydroxylation is 1. The number of nitrogens with zero attached hydrogens (tertiary/aromatic N) is 1. The molecule has 0 saturated heterocycles. The molecule has 0 N–H and O–H groups in total. The Morgan fingerprint density at radius 2 is 2.45 bits per heavy atom. The van der Waals surface area contributed by atoms with Crippen molar-refractivity contribution in [3.63, 3.8) is 0 Å². The minimum atomic E-state index is 0.760. The van der Waals surface area contributed by atoms with Gasteiger partial charge in [0.15, 0.2) is 0 Å². The van der Waals surface area contributed by atoms with Crippen LogP contribution in [0.1, 0.15) is 11.3 Å². The quantitative estimate of drug-likeness (QED) is 0.664. The van der Waals surface area contributed by atoms with Crippen molar-refractivity contribution in [2.45, 2.75) is 6.92 Å². The van der Waals surface area contributed by atoms with Crippen LogP contribution in [0.2, 0.25) is 0 Å². The second kappa shape index (κ2) is 4.19. The van der Waals surface area contributed by atoms with Gasteiger partial charge in [0, 0.05) is 11.9 Å². The minimum absolute atomic E-state index is 0.760. The van der Waals surface area contributed by atoms with Gasteiger partial charge in [-0.05, 0) is 24.6 Å². The van der Waals surface area contributed by atoms with Gasteiger partial charge in [0.05, 0.1) is 5.69 Å². The summed E-state index contributed by atoms with van der Waals surface area (Å²) < 4.78 is 0. The number of thiol groups is 1. The normalized spacial score (nSPS) is 10.7. The number of hydrogen-bond acceptors (Lipinski definition) is 2. The zero-order chi connectivity index (χ0) is 8.10. The van der Waals surface area contributed by atoms with Crippen molar-refractivity contribution in [1.82, 2.24) is 4.98 Å². The highest BCUT2D eigenvalue weighted by atomic mass is 32.1. The third-order valence-electron chi connectivity index (χ3n) is 1.43. The van der Waals surface area contributed by atoms with Crippen molar-refractivity contribution in [3.05, 3.63) is 35.7 Å². The summed E-state index contributed by atoms with van der Waals surface area (Å²) in [5.74, 6) is 0.760. The third-order valence-corrected chi connectivity index (χ3v) is 1.64. The lowest BCUT2D eigenvalue weighted by molar-refractivity contribution is 1.24. The molecule has 0 aromatic carbocycles. The molecule has 0 aliphatic rings. The van der Waals surface area contributed by atoms with E-state index < -0.39 is 0 Å². The highest BCUT2D eigenvalue weighted by molar-refractivity contribution is 7.80. The van der Waals surface area contributed by atoms with Gasteiger partial charge >= 0.3 is 0 Å². The van der Waals surface area contributed by atoms with Crippen LogP contribution in [-0.2, 0) is 0 Å². The predicted molar refractivity (Wildman–Crippen MR) is 51.9 cm³/mol. The van der Waals surface area contributed by atoms with Crippen molar-refractivity contribution in [3.8, 4) is 0 Å². The van der Waals surface area contributed by atoms with Crippen molar-refractivity contribution in [2.24, 2.45) is 0 Å². The average molecular weight is 165 g/mol. The Bertz CT molecular complexity index is 255. The number of aromatic nitrogens is 1. The molecule has 0 aliphatic carbocycles. The van der Waals surface area contributed by atoms with Crippen LogP contribution in [-0.4, -0.2) is 10.7 Å². The maximum atomic E-state index is 4.20. The molecular formula is C9H11NS. The van der Waals surface area contributed by atoms with Crippen LogP contribution in [0.3, 0.4) is 0 Å². The first-order chi connectivity index (χ1) is 5.34. The molecule has 0 amide bonds. The van der Waals surface area contributed by atoms with E-state index in [9.17, 15) is 0 Å². The Hall–Kier alpha value is -0.760. The molecule has 0 aliphatic heterocycles. The molecule has 0 saturated carbocycles. The molecule has 11 heavy (non-hydrogen) atoms. The molecule has 0 atom stereocenters. The van der Waals surface area contributed by atoms with Gasteiger partial charge in [-0.3, -0.25) is 4.98 Å². The average Bonchev–Trinajstić information content (AvgIpc) is 2.03. The van der Waals surface area contributed by atoms with E-state index in [1.54, 1.807) is 6.20 Å². The summed E-state index contributed by atoms with van der Waals surface area (Å²) >= 11 is 4.07. The number of pyridine rings is 1. The van der Waals surface area contributed by atoms with Crippen LogP contribution >= 0.6 is 12.6 Å². The highest BCUT2D eigenvalue weighted by Crippen LogP contribution is 2.04. The van der Waals surface area contributed by atoms with Gasteiger partial charge in [-0.1, -0.05) is 12.1 Å². The van der Waals surface area contributed by atoms with Crippen LogP contribution in [0.4, 0.5) is 0 Å². The monoisotopic (exact) mass is 165 g/mol. The Kier molecular flexibility index (Phi) is 3.17. The van der Waals surface area contributed by atoms with E-state index in [0.717, 1.165) is 11.4 Å². The second-order valence-corrected chi connectivity index (χ2v) is 2.66. The van der Waals surface area contributed by atoms with E-state index in [1.165, 1.54) is 5.56 Å². The van der Waals surface area contributed by atoms with Crippen molar-refractivity contribution < 1.29 is 0 Å². The zero-order valence-electron chi connectivity index (χ0n) is 6.49. The number of hydrogen-bond donors (Lipinski definition) is 1. The maximum absolute atomic E-state index is 4.20. The summed E-state index contributed by atoms with van der Waals surface area (Å²) in [6, 6.07) is 3.98. The van der Waals surface area contributed by atoms with Crippen LogP contribution in [0.15, 0.2) is 24.4 Å². The van der Waals surface area contributed by atoms with E-state index in [1.807, 2.05) is 31.2 Å². The van der Waals surface area contributed by atoms with Gasteiger partial charge in [0.1, 0.15) is 0 Å². The van der Waals surface area contributed by atoms with E-state index in [0.29, 0.717) is 0 Å². The maximum Gasteiger partial charge on any atom is 0.0655 e. The standard InChI is InChI=1S/C9H11NS/c1-8-4-2-6-10-9(8)5-3-7-11/h2-6,11H,7H2,1H3. The number of rotatable bonds is 2. The first-order valence-electron chi connectivity index (χ1n) is 3.53. The molecular weight excluding hydrogens is 154 g/mol. The van der Waals surface area contributed by atoms with Gasteiger partial charge in [0.25, 0.3) is 0 Å². The molecule has 0 fully saturated rings. The van der Waals surface area contributed by atoms with Gasteiger partial charge in [-0.25, -0.2) is 0 Å². The lowest BCUT2D eigenvalue weighted by Gasteiger charge is -1.95. The summed E-state index contributed by atoms with van der Waals surface area (Å²) in [4.78, 5) is 4.20. The van der Waals surface area contributed by atoms with Crippen LogP contribution < -0.4 is 0 Å². The molecule has 0 unspecified atom stereocenters. The fourth-order valence-corrected chi connectivity index (χ4v) is 0.942. The summed E-state index contributed by atoms with van der Waals surface area (Å²) in [6.07, 6.45) is 5.77. The summed E-state index contributed by atoms with van der Waals surface area (Å²) in [7, 11) is 0. The summed E-state index contributed by atoms with van der Waals surface area (Å²) in [5, 5.41) is 0. The molecule has 0 radical (unpaired) electrons. The fraction of sp³-hybridized carbons (Fsp3) is 0.222. The third kappa shape index (κ3) is 2.39. The topological polar surface area (TPSA) is 12.9 Å². The fourth-order valence-electron chi connectivity index (χ4n) is 0.837. The van der Waals surface area contributed by atoms with Crippen LogP contribution in [0, 0.1) is 6.92 Å². The van der Waals surface area contributed by atoms with Crippen LogP contribution in [0.25, 0.3) is 6.08 Å². The molecule has 1 nitrogen and oxygen atoms in total.